The molecule has 0 saturated heterocycles. The van der Waals surface area contributed by atoms with E-state index in [0.29, 0.717) is 63.9 Å². The molecule has 0 aliphatic rings. The van der Waals surface area contributed by atoms with Crippen molar-refractivity contribution >= 4 is 196 Å². The minimum atomic E-state index is -0.873. The molecule has 0 fully saturated rings. The first-order chi connectivity index (χ1) is 53.7. The summed E-state index contributed by atoms with van der Waals surface area (Å²) in [7, 11) is 0. The van der Waals surface area contributed by atoms with Crippen molar-refractivity contribution in [1.29, 1.82) is 0 Å². The molecule has 12 rings (SSSR count). The number of phenols is 6. The molecule has 0 bridgehead atoms. The van der Waals surface area contributed by atoms with E-state index in [4.69, 9.17) is 46.4 Å². The molecule has 114 heavy (non-hydrogen) atoms. The number of halogens is 16. The molecule has 0 unspecified atom stereocenters. The molecule has 0 atom stereocenters. The lowest BCUT2D eigenvalue weighted by Crippen LogP contribution is -2.12. The van der Waals surface area contributed by atoms with Gasteiger partial charge in [0.25, 0.3) is 35.4 Å². The van der Waals surface area contributed by atoms with E-state index >= 15 is 0 Å². The number of aryl methyl sites for hydroxylation is 2. The van der Waals surface area contributed by atoms with Crippen LogP contribution >= 0.6 is 126 Å². The van der Waals surface area contributed by atoms with E-state index in [2.05, 4.69) is 112 Å². The minimum Gasteiger partial charge on any atom is -0.507 e. The maximum atomic E-state index is 13.1. The summed E-state index contributed by atoms with van der Waals surface area (Å²) >= 11 is 39.6. The zero-order chi connectivity index (χ0) is 83.9. The Balaban J connectivity index is 0.000000189. The molecule has 12 N–H and O–H groups in total. The Morgan fingerprint density at radius 3 is 0.702 bits per heavy atom. The molecule has 34 heteroatoms. The third-order valence-corrected chi connectivity index (χ3v) is 17.6. The van der Waals surface area contributed by atoms with Gasteiger partial charge in [0, 0.05) is 88.7 Å². The maximum absolute atomic E-state index is 13.1. The molecular formula is C80H54Br5Cl4F7N6O12. The van der Waals surface area contributed by atoms with Crippen LogP contribution in [0, 0.1) is 54.6 Å². The van der Waals surface area contributed by atoms with Gasteiger partial charge in [-0.05, 0) is 225 Å². The summed E-state index contributed by atoms with van der Waals surface area (Å²) in [6.07, 6.45) is 0. The van der Waals surface area contributed by atoms with Crippen molar-refractivity contribution in [2.75, 3.05) is 31.9 Å². The van der Waals surface area contributed by atoms with Crippen molar-refractivity contribution < 1.29 is 90.1 Å². The molecule has 12 aromatic rings. The zero-order valence-electron chi connectivity index (χ0n) is 58.0. The third kappa shape index (κ3) is 29.1. The molecule has 0 aliphatic heterocycles. The van der Waals surface area contributed by atoms with Crippen LogP contribution in [0.5, 0.6) is 34.5 Å². The number of carbonyl (C=O) groups excluding carboxylic acids is 6. The molecule has 18 nitrogen and oxygen atoms in total. The fourth-order valence-electron chi connectivity index (χ4n) is 9.51. The van der Waals surface area contributed by atoms with Crippen LogP contribution in [0.3, 0.4) is 0 Å². The summed E-state index contributed by atoms with van der Waals surface area (Å²) in [5.41, 5.74) is 3.71. The van der Waals surface area contributed by atoms with Crippen molar-refractivity contribution in [2.45, 2.75) is 13.8 Å². The number of carbonyl (C=O) groups is 6. The van der Waals surface area contributed by atoms with E-state index in [1.54, 1.807) is 66.7 Å². The summed E-state index contributed by atoms with van der Waals surface area (Å²) in [5.74, 6) is -10.2. The van der Waals surface area contributed by atoms with Crippen molar-refractivity contribution in [3.63, 3.8) is 0 Å². The van der Waals surface area contributed by atoms with E-state index < -0.39 is 76.0 Å². The summed E-state index contributed by atoms with van der Waals surface area (Å²) in [4.78, 5) is 71.6. The number of amides is 6. The average Bonchev–Trinajstić information content (AvgIpc) is 0.861. The molecule has 6 amide bonds. The quantitative estimate of drug-likeness (QED) is 0.0509. The van der Waals surface area contributed by atoms with Crippen molar-refractivity contribution in [3.8, 4) is 34.5 Å². The lowest BCUT2D eigenvalue weighted by Gasteiger charge is -2.08. The first-order valence-corrected chi connectivity index (χ1v) is 37.4. The summed E-state index contributed by atoms with van der Waals surface area (Å²) < 4.78 is 94.6. The molecule has 0 aromatic heterocycles. The molecule has 0 heterocycles. The van der Waals surface area contributed by atoms with Gasteiger partial charge in [0.15, 0.2) is 0 Å². The Labute approximate surface area is 706 Å². The van der Waals surface area contributed by atoms with E-state index in [1.807, 2.05) is 26.0 Å². The highest BCUT2D eigenvalue weighted by Crippen LogP contribution is 2.32. The summed E-state index contributed by atoms with van der Waals surface area (Å²) in [6, 6.07) is 48.1. The molecular weight excluding hydrogens is 1910 g/mol. The highest BCUT2D eigenvalue weighted by atomic mass is 79.9. The van der Waals surface area contributed by atoms with Gasteiger partial charge < -0.3 is 62.5 Å². The molecule has 588 valence electrons. The normalized spacial score (nSPS) is 10.3. The van der Waals surface area contributed by atoms with E-state index in [9.17, 15) is 90.1 Å². The summed E-state index contributed by atoms with van der Waals surface area (Å²) in [6.45, 7) is 3.84. The van der Waals surface area contributed by atoms with E-state index in [-0.39, 0.29) is 79.4 Å². The second-order valence-corrected chi connectivity index (χ2v) is 29.7. The average molecular weight is 1970 g/mol. The Morgan fingerprint density at radius 2 is 0.447 bits per heavy atom. The molecule has 0 aliphatic carbocycles. The minimum absolute atomic E-state index is 0.000885. The lowest BCUT2D eigenvalue weighted by molar-refractivity contribution is 0.101. The number of phenolic OH excluding ortho intramolecular Hbond substituents is 6. The van der Waals surface area contributed by atoms with Gasteiger partial charge in [-0.3, -0.25) is 28.8 Å². The SMILES string of the molecule is Cc1cc(C)cc(NC(=O)c2cc(F)ccc2O)c1.O=C(Nc1cc(Br)cc(Br)c1)c1cc(Br)ccc1O.O=C(Nc1cc(Cl)cc(Cl)c1)c1cc(Br)ccc1O.O=C(Nc1cc(Cl)cc(Cl)c1)c1cc(F)ccc1O.O=C(Nc1cc(F)cc(F)c1)c1cc(Br)ccc1O.O=C(Nc1cc(F)cc(F)c1)c1cc(F)ccc1O. The van der Waals surface area contributed by atoms with E-state index in [0.717, 1.165) is 103 Å². The van der Waals surface area contributed by atoms with Gasteiger partial charge in [0.2, 0.25) is 0 Å². The van der Waals surface area contributed by atoms with Crippen LogP contribution < -0.4 is 31.9 Å². The van der Waals surface area contributed by atoms with Gasteiger partial charge in [-0.2, -0.15) is 0 Å². The Kier molecular flexibility index (Phi) is 33.7. The van der Waals surface area contributed by atoms with Crippen molar-refractivity contribution in [1.82, 2.24) is 0 Å². The van der Waals surface area contributed by atoms with Crippen LogP contribution in [0.4, 0.5) is 64.9 Å². The largest absolute Gasteiger partial charge is 0.507 e. The zero-order valence-corrected chi connectivity index (χ0v) is 68.9. The highest BCUT2D eigenvalue weighted by Gasteiger charge is 2.20. The van der Waals surface area contributed by atoms with Gasteiger partial charge in [0.1, 0.15) is 75.2 Å². The van der Waals surface area contributed by atoms with Crippen LogP contribution in [0.1, 0.15) is 73.3 Å². The van der Waals surface area contributed by atoms with Crippen LogP contribution in [-0.2, 0) is 0 Å². The predicted molar refractivity (Wildman–Crippen MR) is 443 cm³/mol. The maximum Gasteiger partial charge on any atom is 0.259 e. The van der Waals surface area contributed by atoms with Gasteiger partial charge in [-0.1, -0.05) is 132 Å². The number of anilines is 6. The smallest absolute Gasteiger partial charge is 0.259 e. The molecule has 0 spiro atoms. The van der Waals surface area contributed by atoms with Crippen LogP contribution in [0.15, 0.2) is 241 Å². The summed E-state index contributed by atoms with van der Waals surface area (Å²) in [5, 5.41) is 73.9. The monoisotopic (exact) mass is 1960 g/mol. The number of benzene rings is 12. The fourth-order valence-corrected chi connectivity index (χ4v) is 12.9. The highest BCUT2D eigenvalue weighted by molar-refractivity contribution is 9.11. The number of hydrogen-bond donors (Lipinski definition) is 12. The van der Waals surface area contributed by atoms with Crippen molar-refractivity contribution in [2.24, 2.45) is 0 Å². The van der Waals surface area contributed by atoms with Gasteiger partial charge >= 0.3 is 0 Å². The number of nitrogens with one attached hydrogen (secondary N) is 6. The first-order valence-electron chi connectivity index (χ1n) is 31.9. The number of aromatic hydroxyl groups is 6. The Morgan fingerprint density at radius 1 is 0.237 bits per heavy atom. The van der Waals surface area contributed by atoms with E-state index in [1.165, 1.54) is 48.5 Å². The predicted octanol–water partition coefficient (Wildman–Crippen LogP) is 23.9. The molecule has 0 radical (unpaired) electrons. The van der Waals surface area contributed by atoms with Crippen LogP contribution in [0.25, 0.3) is 0 Å². The standard InChI is InChI=1S/C15H14FNO2.C13H8Br3NO2.C13H8BrCl2NO2.C13H8BrF2NO2.C13H8Cl2FNO2.C13H8F3NO2/c1-9-5-10(2)7-12(6-9)17-15(19)13-8-11(16)3-4-14(13)18;14-7-1-2-12(18)11(6-7)13(19)17-10-4-8(15)3-9(16)5-10;2*14-7-1-2-12(18)11(3-7)13(19)17-10-5-8(15)4-9(16)6-10;14-7-3-8(15)5-10(4-7)17-13(19)11-6-9(16)1-2-12(11)18;14-7-1-2-12(18)11(6-7)13(19)17-10-4-8(15)3-9(16)5-10/h3-8,18H,1-2H3,(H,17,19);5*1-6,18H,(H,17,19). The Hall–Kier alpha value is -10.7. The lowest BCUT2D eigenvalue weighted by atomic mass is 10.1. The van der Waals surface area contributed by atoms with Gasteiger partial charge in [-0.25, -0.2) is 30.7 Å². The van der Waals surface area contributed by atoms with Crippen LogP contribution in [0.2, 0.25) is 20.1 Å². The number of rotatable bonds is 12. The van der Waals surface area contributed by atoms with Crippen LogP contribution in [-0.4, -0.2) is 66.1 Å². The molecule has 12 aromatic carbocycles. The van der Waals surface area contributed by atoms with Gasteiger partial charge in [-0.15, -0.1) is 0 Å². The second-order valence-electron chi connectivity index (χ2n) is 23.4. The first kappa shape index (κ1) is 90.5. The topological polar surface area (TPSA) is 296 Å². The van der Waals surface area contributed by atoms with Crippen molar-refractivity contribution in [3.05, 3.63) is 346 Å². The fraction of sp³-hybridized carbons (Fsp3) is 0.0250. The molecule has 0 saturated carbocycles. The Bertz CT molecular complexity index is 4640. The van der Waals surface area contributed by atoms with Gasteiger partial charge in [0.05, 0.1) is 33.4 Å². The third-order valence-electron chi connectivity index (χ3n) is 14.3. The number of hydrogen-bond acceptors (Lipinski definition) is 12. The second kappa shape index (κ2) is 42.4.